The van der Waals surface area contributed by atoms with Gasteiger partial charge in [0.1, 0.15) is 11.5 Å². The molecule has 0 bridgehead atoms. The summed E-state index contributed by atoms with van der Waals surface area (Å²) < 4.78 is 12.0. The second-order valence-electron chi connectivity index (χ2n) is 6.40. The molecule has 0 radical (unpaired) electrons. The standard InChI is InChI=1S/C20H19N5O4/c1-28-13-8-9-14(16(10-13)29-2)18(27)22-19-23-20-21-17(26)11-15(25(20)24-19)12-6-4-3-5-7-12/h3-10,15H,11H2,1-2H3,(H2,21,22,23,24,26,27)/t15-/m0/s1. The number of fused-ring (bicyclic) bond motifs is 1. The molecule has 2 heterocycles. The summed E-state index contributed by atoms with van der Waals surface area (Å²) in [6.45, 7) is 0. The minimum absolute atomic E-state index is 0.0889. The first-order chi connectivity index (χ1) is 14.1. The predicted octanol–water partition coefficient (Wildman–Crippen LogP) is 2.48. The van der Waals surface area contributed by atoms with Crippen molar-refractivity contribution >= 4 is 23.7 Å². The Bertz CT molecular complexity index is 1060. The number of anilines is 2. The van der Waals surface area contributed by atoms with Crippen LogP contribution in [0.5, 0.6) is 11.5 Å². The third kappa shape index (κ3) is 3.62. The molecule has 9 nitrogen and oxygen atoms in total. The topological polar surface area (TPSA) is 107 Å². The molecule has 2 aromatic carbocycles. The summed E-state index contributed by atoms with van der Waals surface area (Å²) in [5.74, 6) is 0.713. The van der Waals surface area contributed by atoms with Gasteiger partial charge >= 0.3 is 0 Å². The summed E-state index contributed by atoms with van der Waals surface area (Å²) in [4.78, 5) is 29.1. The Balaban J connectivity index is 1.62. The summed E-state index contributed by atoms with van der Waals surface area (Å²) in [5, 5.41) is 9.74. The highest BCUT2D eigenvalue weighted by Crippen LogP contribution is 2.30. The Labute approximate surface area is 166 Å². The highest BCUT2D eigenvalue weighted by molar-refractivity contribution is 6.05. The molecule has 148 valence electrons. The van der Waals surface area contributed by atoms with E-state index in [0.29, 0.717) is 17.1 Å². The number of carbonyl (C=O) groups excluding carboxylic acids is 2. The molecule has 9 heteroatoms. The van der Waals surface area contributed by atoms with Crippen molar-refractivity contribution < 1.29 is 19.1 Å². The number of aromatic nitrogens is 3. The van der Waals surface area contributed by atoms with Crippen molar-refractivity contribution in [1.29, 1.82) is 0 Å². The van der Waals surface area contributed by atoms with Gasteiger partial charge in [0.2, 0.25) is 11.9 Å². The minimum atomic E-state index is -0.435. The molecule has 1 aliphatic heterocycles. The van der Waals surface area contributed by atoms with Gasteiger partial charge in [-0.3, -0.25) is 20.2 Å². The number of nitrogens with one attached hydrogen (secondary N) is 2. The van der Waals surface area contributed by atoms with E-state index in [2.05, 4.69) is 20.7 Å². The molecule has 1 aromatic heterocycles. The summed E-state index contributed by atoms with van der Waals surface area (Å²) in [6, 6.07) is 14.1. The van der Waals surface area contributed by atoms with Crippen LogP contribution in [0.15, 0.2) is 48.5 Å². The van der Waals surface area contributed by atoms with E-state index in [0.717, 1.165) is 5.56 Å². The van der Waals surface area contributed by atoms with Crippen molar-refractivity contribution in [2.45, 2.75) is 12.5 Å². The molecule has 2 amide bonds. The number of ether oxygens (including phenoxy) is 2. The monoisotopic (exact) mass is 393 g/mol. The van der Waals surface area contributed by atoms with Crippen molar-refractivity contribution in [2.24, 2.45) is 0 Å². The normalized spacial score (nSPS) is 15.2. The van der Waals surface area contributed by atoms with Gasteiger partial charge in [0.05, 0.1) is 32.2 Å². The average molecular weight is 393 g/mol. The zero-order valence-corrected chi connectivity index (χ0v) is 15.9. The van der Waals surface area contributed by atoms with Crippen molar-refractivity contribution in [3.8, 4) is 11.5 Å². The number of carbonyl (C=O) groups is 2. The van der Waals surface area contributed by atoms with Crippen molar-refractivity contribution in [2.75, 3.05) is 24.9 Å². The number of methoxy groups -OCH3 is 2. The van der Waals surface area contributed by atoms with Crippen LogP contribution in [0.3, 0.4) is 0 Å². The minimum Gasteiger partial charge on any atom is -0.497 e. The first-order valence-electron chi connectivity index (χ1n) is 8.93. The van der Waals surface area contributed by atoms with E-state index >= 15 is 0 Å². The zero-order chi connectivity index (χ0) is 20.4. The Kier molecular flexibility index (Phi) is 4.86. The Morgan fingerprint density at radius 1 is 1.17 bits per heavy atom. The number of rotatable bonds is 5. The molecule has 0 saturated heterocycles. The molecule has 0 spiro atoms. The molecule has 29 heavy (non-hydrogen) atoms. The fourth-order valence-electron chi connectivity index (χ4n) is 3.21. The second-order valence-corrected chi connectivity index (χ2v) is 6.40. The molecule has 0 unspecified atom stereocenters. The average Bonchev–Trinajstić information content (AvgIpc) is 3.15. The second kappa shape index (κ2) is 7.63. The van der Waals surface area contributed by atoms with Crippen LogP contribution in [-0.2, 0) is 4.79 Å². The van der Waals surface area contributed by atoms with E-state index in [1.54, 1.807) is 22.9 Å². The molecule has 1 atom stereocenters. The maximum absolute atomic E-state index is 12.7. The lowest BCUT2D eigenvalue weighted by Crippen LogP contribution is -2.29. The van der Waals surface area contributed by atoms with Gasteiger partial charge in [-0.1, -0.05) is 30.3 Å². The van der Waals surface area contributed by atoms with Gasteiger partial charge in [-0.15, -0.1) is 5.10 Å². The van der Waals surface area contributed by atoms with E-state index in [1.807, 2.05) is 30.3 Å². The number of nitrogens with zero attached hydrogens (tertiary/aromatic N) is 3. The molecular formula is C20H19N5O4. The third-order valence-corrected chi connectivity index (χ3v) is 4.62. The molecular weight excluding hydrogens is 374 g/mol. The van der Waals surface area contributed by atoms with Gasteiger partial charge in [0.25, 0.3) is 11.9 Å². The van der Waals surface area contributed by atoms with E-state index in [4.69, 9.17) is 9.47 Å². The van der Waals surface area contributed by atoms with E-state index in [-0.39, 0.29) is 30.3 Å². The fraction of sp³-hybridized carbons (Fsp3) is 0.200. The Morgan fingerprint density at radius 2 is 1.97 bits per heavy atom. The third-order valence-electron chi connectivity index (χ3n) is 4.62. The van der Waals surface area contributed by atoms with Gasteiger partial charge in [-0.2, -0.15) is 4.98 Å². The Hall–Kier alpha value is -3.88. The number of amides is 2. The lowest BCUT2D eigenvalue weighted by molar-refractivity contribution is -0.117. The van der Waals surface area contributed by atoms with E-state index in [1.165, 1.54) is 14.2 Å². The molecule has 3 aromatic rings. The Morgan fingerprint density at radius 3 is 2.69 bits per heavy atom. The molecule has 4 rings (SSSR count). The zero-order valence-electron chi connectivity index (χ0n) is 15.9. The van der Waals surface area contributed by atoms with Crippen LogP contribution >= 0.6 is 0 Å². The van der Waals surface area contributed by atoms with Crippen LogP contribution in [0.2, 0.25) is 0 Å². The summed E-state index contributed by atoms with van der Waals surface area (Å²) in [6.07, 6.45) is 0.236. The van der Waals surface area contributed by atoms with Crippen molar-refractivity contribution in [3.05, 3.63) is 59.7 Å². The van der Waals surface area contributed by atoms with Gasteiger partial charge in [0.15, 0.2) is 0 Å². The van der Waals surface area contributed by atoms with Crippen molar-refractivity contribution in [1.82, 2.24) is 14.8 Å². The van der Waals surface area contributed by atoms with Crippen molar-refractivity contribution in [3.63, 3.8) is 0 Å². The largest absolute Gasteiger partial charge is 0.497 e. The molecule has 1 aliphatic rings. The van der Waals surface area contributed by atoms with Crippen LogP contribution in [0.25, 0.3) is 0 Å². The molecule has 0 saturated carbocycles. The van der Waals surface area contributed by atoms with Crippen LogP contribution in [-0.4, -0.2) is 40.8 Å². The fourth-order valence-corrected chi connectivity index (χ4v) is 3.21. The maximum Gasteiger partial charge on any atom is 0.261 e. The summed E-state index contributed by atoms with van der Waals surface area (Å²) >= 11 is 0. The van der Waals surface area contributed by atoms with Gasteiger partial charge < -0.3 is 9.47 Å². The van der Waals surface area contributed by atoms with Crippen LogP contribution in [0.4, 0.5) is 11.9 Å². The molecule has 0 fully saturated rings. The number of benzene rings is 2. The molecule has 2 N–H and O–H groups in total. The SMILES string of the molecule is COc1ccc(C(=O)Nc2nc3n(n2)[C@H](c2ccccc2)CC(=O)N3)c(OC)c1. The highest BCUT2D eigenvalue weighted by atomic mass is 16.5. The maximum atomic E-state index is 12.7. The first kappa shape index (κ1) is 18.5. The number of hydrogen-bond donors (Lipinski definition) is 2. The van der Waals surface area contributed by atoms with Crippen LogP contribution in [0, 0.1) is 0 Å². The quantitative estimate of drug-likeness (QED) is 0.690. The van der Waals surface area contributed by atoms with E-state index in [9.17, 15) is 9.59 Å². The van der Waals surface area contributed by atoms with Crippen LogP contribution < -0.4 is 20.1 Å². The number of hydrogen-bond acceptors (Lipinski definition) is 6. The van der Waals surface area contributed by atoms with E-state index < -0.39 is 5.91 Å². The van der Waals surface area contributed by atoms with Gasteiger partial charge in [-0.05, 0) is 17.7 Å². The lowest BCUT2D eigenvalue weighted by atomic mass is 10.0. The highest BCUT2D eigenvalue weighted by Gasteiger charge is 2.29. The van der Waals surface area contributed by atoms with Crippen LogP contribution in [0.1, 0.15) is 28.4 Å². The predicted molar refractivity (Wildman–Crippen MR) is 105 cm³/mol. The smallest absolute Gasteiger partial charge is 0.261 e. The summed E-state index contributed by atoms with van der Waals surface area (Å²) in [7, 11) is 3.00. The molecule has 0 aliphatic carbocycles. The lowest BCUT2D eigenvalue weighted by Gasteiger charge is -2.23. The van der Waals surface area contributed by atoms with Gasteiger partial charge in [-0.25, -0.2) is 4.68 Å². The first-order valence-corrected chi connectivity index (χ1v) is 8.93. The van der Waals surface area contributed by atoms with Gasteiger partial charge in [0, 0.05) is 6.07 Å². The summed E-state index contributed by atoms with van der Waals surface area (Å²) in [5.41, 5.74) is 1.24.